The second-order valence-corrected chi connectivity index (χ2v) is 8.60. The van der Waals surface area contributed by atoms with E-state index in [1.54, 1.807) is 24.3 Å². The maximum Gasteiger partial charge on any atom is 0.270 e. The van der Waals surface area contributed by atoms with E-state index in [4.69, 9.17) is 12.2 Å². The summed E-state index contributed by atoms with van der Waals surface area (Å²) in [5.41, 5.74) is 2.28. The molecule has 4 rings (SSSR count). The van der Waals surface area contributed by atoms with Gasteiger partial charge in [-0.1, -0.05) is 22.0 Å². The molecule has 2 aromatic carbocycles. The molecule has 0 aromatic heterocycles. The van der Waals surface area contributed by atoms with Crippen LogP contribution in [-0.2, 0) is 9.59 Å². The highest BCUT2D eigenvalue weighted by Crippen LogP contribution is 2.29. The molecule has 2 heterocycles. The van der Waals surface area contributed by atoms with E-state index in [0.29, 0.717) is 16.9 Å². The second-order valence-electron chi connectivity index (χ2n) is 7.29. The highest BCUT2D eigenvalue weighted by Gasteiger charge is 2.35. The van der Waals surface area contributed by atoms with Crippen molar-refractivity contribution in [2.24, 2.45) is 0 Å². The van der Waals surface area contributed by atoms with Gasteiger partial charge in [0.05, 0.1) is 11.4 Å². The zero-order valence-electron chi connectivity index (χ0n) is 16.2. The van der Waals surface area contributed by atoms with E-state index in [-0.39, 0.29) is 16.5 Å². The number of rotatable bonds is 3. The van der Waals surface area contributed by atoms with Gasteiger partial charge in [0.2, 0.25) is 0 Å². The lowest BCUT2D eigenvalue weighted by molar-refractivity contribution is -0.122. The van der Waals surface area contributed by atoms with Crippen molar-refractivity contribution < 1.29 is 14.0 Å². The van der Waals surface area contributed by atoms with Gasteiger partial charge in [-0.2, -0.15) is 0 Å². The molecular formula is C22H19BrFN3O2S. The fourth-order valence-corrected chi connectivity index (χ4v) is 4.49. The first kappa shape index (κ1) is 20.7. The lowest BCUT2D eigenvalue weighted by atomic mass is 10.1. The minimum Gasteiger partial charge on any atom is -0.369 e. The molecule has 154 valence electrons. The topological polar surface area (TPSA) is 52.7 Å². The summed E-state index contributed by atoms with van der Waals surface area (Å²) in [7, 11) is 0. The Morgan fingerprint density at radius 1 is 1.10 bits per heavy atom. The van der Waals surface area contributed by atoms with E-state index < -0.39 is 11.8 Å². The zero-order valence-corrected chi connectivity index (χ0v) is 18.6. The van der Waals surface area contributed by atoms with E-state index in [1.807, 2.05) is 17.9 Å². The molecule has 0 spiro atoms. The number of hydrogen-bond donors (Lipinski definition) is 1. The SMILES string of the molecule is Cc1cc(Br)ccc1N1C(=O)/C(=C/c2ccc(N3CCCC3)c(F)c2)C(=O)NC1=S. The van der Waals surface area contributed by atoms with E-state index in [0.717, 1.165) is 36.0 Å². The second kappa shape index (κ2) is 8.28. The number of anilines is 2. The Morgan fingerprint density at radius 2 is 1.80 bits per heavy atom. The van der Waals surface area contributed by atoms with Crippen molar-refractivity contribution in [3.8, 4) is 0 Å². The first-order valence-electron chi connectivity index (χ1n) is 9.57. The van der Waals surface area contributed by atoms with Crippen LogP contribution in [0.4, 0.5) is 15.8 Å². The molecule has 2 aromatic rings. The van der Waals surface area contributed by atoms with Crippen molar-refractivity contribution in [3.05, 3.63) is 63.4 Å². The van der Waals surface area contributed by atoms with Crippen LogP contribution < -0.4 is 15.1 Å². The first-order chi connectivity index (χ1) is 14.3. The summed E-state index contributed by atoms with van der Waals surface area (Å²) in [6.45, 7) is 3.51. The monoisotopic (exact) mass is 487 g/mol. The van der Waals surface area contributed by atoms with Crippen molar-refractivity contribution >= 4 is 62.5 Å². The normalized spacial score (nSPS) is 18.4. The summed E-state index contributed by atoms with van der Waals surface area (Å²) >= 11 is 8.64. The van der Waals surface area contributed by atoms with Crippen LogP contribution in [0.5, 0.6) is 0 Å². The van der Waals surface area contributed by atoms with Crippen LogP contribution in [0.15, 0.2) is 46.4 Å². The van der Waals surface area contributed by atoms with Crippen molar-refractivity contribution in [1.29, 1.82) is 0 Å². The standard InChI is InChI=1S/C22H19BrFN3O2S/c1-13-10-15(23)5-7-18(13)27-21(29)16(20(28)25-22(27)30)11-14-4-6-19(17(24)12-14)26-8-2-3-9-26/h4-7,10-12H,2-3,8-9H2,1H3,(H,25,28,30)/b16-11+. The maximum absolute atomic E-state index is 14.7. The quantitative estimate of drug-likeness (QED) is 0.397. The molecule has 0 unspecified atom stereocenters. The summed E-state index contributed by atoms with van der Waals surface area (Å²) in [5.74, 6) is -1.51. The van der Waals surface area contributed by atoms with E-state index in [9.17, 15) is 14.0 Å². The average Bonchev–Trinajstić information content (AvgIpc) is 3.21. The minimum absolute atomic E-state index is 0.0168. The molecule has 30 heavy (non-hydrogen) atoms. The Kier molecular flexibility index (Phi) is 5.71. The van der Waals surface area contributed by atoms with Crippen molar-refractivity contribution in [3.63, 3.8) is 0 Å². The van der Waals surface area contributed by atoms with E-state index in [2.05, 4.69) is 21.2 Å². The molecule has 2 aliphatic heterocycles. The third-order valence-electron chi connectivity index (χ3n) is 5.23. The van der Waals surface area contributed by atoms with Crippen LogP contribution >= 0.6 is 28.1 Å². The molecule has 0 atom stereocenters. The molecule has 0 bridgehead atoms. The molecule has 2 fully saturated rings. The molecule has 0 aliphatic carbocycles. The largest absolute Gasteiger partial charge is 0.369 e. The molecule has 2 amide bonds. The van der Waals surface area contributed by atoms with Crippen LogP contribution in [0.1, 0.15) is 24.0 Å². The van der Waals surface area contributed by atoms with Crippen LogP contribution in [0, 0.1) is 12.7 Å². The third kappa shape index (κ3) is 3.89. The molecule has 1 N–H and O–H groups in total. The van der Waals surface area contributed by atoms with Gasteiger partial charge in [0.1, 0.15) is 11.4 Å². The molecule has 0 saturated carbocycles. The average molecular weight is 488 g/mol. The van der Waals surface area contributed by atoms with Gasteiger partial charge in [0.25, 0.3) is 11.8 Å². The number of carbonyl (C=O) groups excluding carboxylic acids is 2. The summed E-state index contributed by atoms with van der Waals surface area (Å²) < 4.78 is 15.5. The van der Waals surface area contributed by atoms with Gasteiger partial charge >= 0.3 is 0 Å². The summed E-state index contributed by atoms with van der Waals surface area (Å²) in [4.78, 5) is 28.9. The lowest BCUT2D eigenvalue weighted by Crippen LogP contribution is -2.54. The van der Waals surface area contributed by atoms with E-state index >= 15 is 0 Å². The van der Waals surface area contributed by atoms with E-state index in [1.165, 1.54) is 17.0 Å². The lowest BCUT2D eigenvalue weighted by Gasteiger charge is -2.30. The van der Waals surface area contributed by atoms with Crippen molar-refractivity contribution in [1.82, 2.24) is 5.32 Å². The fourth-order valence-electron chi connectivity index (χ4n) is 3.74. The fraction of sp³-hybridized carbons (Fsp3) is 0.227. The van der Waals surface area contributed by atoms with Crippen LogP contribution in [-0.4, -0.2) is 30.0 Å². The summed E-state index contributed by atoms with van der Waals surface area (Å²) in [5, 5.41) is 2.57. The molecular weight excluding hydrogens is 469 g/mol. The number of thiocarbonyl (C=S) groups is 1. The van der Waals surface area contributed by atoms with Gasteiger partial charge in [-0.05, 0) is 79.5 Å². The summed E-state index contributed by atoms with van der Waals surface area (Å²) in [6, 6.07) is 10.2. The third-order valence-corrected chi connectivity index (χ3v) is 6.01. The highest BCUT2D eigenvalue weighted by atomic mass is 79.9. The Bertz CT molecular complexity index is 1100. The summed E-state index contributed by atoms with van der Waals surface area (Å²) in [6.07, 6.45) is 3.49. The number of halogens is 2. The smallest absolute Gasteiger partial charge is 0.270 e. The predicted octanol–water partition coefficient (Wildman–Crippen LogP) is 4.33. The number of nitrogens with zero attached hydrogens (tertiary/aromatic N) is 2. The Hall–Kier alpha value is -2.58. The molecule has 0 radical (unpaired) electrons. The number of hydrogen-bond acceptors (Lipinski definition) is 4. The molecule has 2 aliphatic rings. The van der Waals surface area contributed by atoms with Crippen LogP contribution in [0.25, 0.3) is 6.08 Å². The zero-order chi connectivity index (χ0) is 21.4. The van der Waals surface area contributed by atoms with Gasteiger partial charge < -0.3 is 4.90 Å². The predicted molar refractivity (Wildman–Crippen MR) is 123 cm³/mol. The number of benzene rings is 2. The van der Waals surface area contributed by atoms with Gasteiger partial charge in [0.15, 0.2) is 5.11 Å². The highest BCUT2D eigenvalue weighted by molar-refractivity contribution is 9.10. The molecule has 8 heteroatoms. The van der Waals surface area contributed by atoms with Crippen molar-refractivity contribution in [2.75, 3.05) is 22.9 Å². The Balaban J connectivity index is 1.68. The maximum atomic E-state index is 14.7. The van der Waals surface area contributed by atoms with Gasteiger partial charge in [-0.3, -0.25) is 19.8 Å². The molecule has 5 nitrogen and oxygen atoms in total. The number of amides is 2. The van der Waals surface area contributed by atoms with Gasteiger partial charge in [-0.25, -0.2) is 4.39 Å². The Labute approximate surface area is 187 Å². The van der Waals surface area contributed by atoms with Gasteiger partial charge in [0, 0.05) is 17.6 Å². The van der Waals surface area contributed by atoms with Crippen LogP contribution in [0.2, 0.25) is 0 Å². The number of aryl methyl sites for hydroxylation is 1. The minimum atomic E-state index is -0.597. The van der Waals surface area contributed by atoms with Gasteiger partial charge in [-0.15, -0.1) is 0 Å². The Morgan fingerprint density at radius 3 is 2.47 bits per heavy atom. The van der Waals surface area contributed by atoms with Crippen molar-refractivity contribution in [2.45, 2.75) is 19.8 Å². The number of carbonyl (C=O) groups is 2. The number of nitrogens with one attached hydrogen (secondary N) is 1. The first-order valence-corrected chi connectivity index (χ1v) is 10.8. The molecule has 2 saturated heterocycles. The van der Waals surface area contributed by atoms with Crippen LogP contribution in [0.3, 0.4) is 0 Å².